The molecule has 0 radical (unpaired) electrons. The Hall–Kier alpha value is -3.97. The molecule has 2 atom stereocenters. The smallest absolute Gasteiger partial charge is 0.245 e. The van der Waals surface area contributed by atoms with E-state index in [0.29, 0.717) is 61.8 Å². The van der Waals surface area contributed by atoms with E-state index in [0.717, 1.165) is 35.0 Å². The molecule has 11 nitrogen and oxygen atoms in total. The Morgan fingerprint density at radius 2 is 1.90 bits per heavy atom. The highest BCUT2D eigenvalue weighted by molar-refractivity contribution is 5.85. The van der Waals surface area contributed by atoms with E-state index >= 15 is 0 Å². The predicted octanol–water partition coefficient (Wildman–Crippen LogP) is 4.16. The van der Waals surface area contributed by atoms with Gasteiger partial charge in [0.25, 0.3) is 0 Å². The summed E-state index contributed by atoms with van der Waals surface area (Å²) in [6.45, 7) is 2.40. The number of para-hydroxylation sites is 1. The molecule has 0 spiro atoms. The second kappa shape index (κ2) is 11.4. The number of H-pyrrole nitrogens is 2. The fourth-order valence-corrected chi connectivity index (χ4v) is 5.97. The predicted molar refractivity (Wildman–Crippen MR) is 150 cm³/mol. The van der Waals surface area contributed by atoms with Crippen molar-refractivity contribution in [2.45, 2.75) is 36.8 Å². The number of aromatic amines is 2. The van der Waals surface area contributed by atoms with Crippen molar-refractivity contribution in [3.05, 3.63) is 83.5 Å². The molecule has 5 aromatic rings. The maximum absolute atomic E-state index is 13.5. The maximum atomic E-state index is 13.5. The molecule has 1 saturated heterocycles. The van der Waals surface area contributed by atoms with Crippen LogP contribution >= 0.6 is 0 Å². The Kier molecular flexibility index (Phi) is 7.28. The first-order valence-corrected chi connectivity index (χ1v) is 14.2. The van der Waals surface area contributed by atoms with Gasteiger partial charge in [0.15, 0.2) is 5.54 Å². The van der Waals surface area contributed by atoms with Crippen LogP contribution in [0.4, 0.5) is 4.39 Å². The van der Waals surface area contributed by atoms with Crippen LogP contribution in [0.5, 0.6) is 0 Å². The van der Waals surface area contributed by atoms with Gasteiger partial charge in [-0.1, -0.05) is 18.2 Å². The van der Waals surface area contributed by atoms with Crippen LogP contribution in [0.15, 0.2) is 53.2 Å². The number of benzene rings is 1. The number of nitrogens with one attached hydrogen (secondary N) is 3. The number of hydrogen-bond donors (Lipinski definition) is 3. The van der Waals surface area contributed by atoms with Crippen LogP contribution in [0.1, 0.15) is 53.7 Å². The summed E-state index contributed by atoms with van der Waals surface area (Å²) in [5.74, 6) is 1.48. The van der Waals surface area contributed by atoms with E-state index < -0.39 is 11.4 Å². The van der Waals surface area contributed by atoms with Gasteiger partial charge in [0.05, 0.1) is 55.3 Å². The highest BCUT2D eigenvalue weighted by atomic mass is 19.1. The number of methoxy groups -OCH3 is 1. The third-order valence-electron chi connectivity index (χ3n) is 8.12. The third-order valence-corrected chi connectivity index (χ3v) is 8.12. The Morgan fingerprint density at radius 1 is 1.02 bits per heavy atom. The minimum atomic E-state index is -0.998. The fourth-order valence-electron chi connectivity index (χ4n) is 5.97. The lowest BCUT2D eigenvalue weighted by Crippen LogP contribution is -2.53. The average molecular weight is 574 g/mol. The summed E-state index contributed by atoms with van der Waals surface area (Å²) in [5.41, 5.74) is 3.34. The normalized spacial score (nSPS) is 21.1. The Bertz CT molecular complexity index is 1660. The Morgan fingerprint density at radius 3 is 2.74 bits per heavy atom. The third kappa shape index (κ3) is 4.90. The van der Waals surface area contributed by atoms with Gasteiger partial charge in [0, 0.05) is 37.1 Å². The van der Waals surface area contributed by atoms with Crippen molar-refractivity contribution in [1.82, 2.24) is 35.5 Å². The van der Waals surface area contributed by atoms with E-state index in [4.69, 9.17) is 23.6 Å². The van der Waals surface area contributed by atoms with Gasteiger partial charge in [-0.2, -0.15) is 0 Å². The van der Waals surface area contributed by atoms with E-state index in [-0.39, 0.29) is 18.6 Å². The maximum Gasteiger partial charge on any atom is 0.245 e. The van der Waals surface area contributed by atoms with Crippen molar-refractivity contribution < 1.29 is 23.0 Å². The lowest BCUT2D eigenvalue weighted by molar-refractivity contribution is 0.0263. The zero-order valence-electron chi connectivity index (χ0n) is 23.2. The zero-order valence-corrected chi connectivity index (χ0v) is 23.2. The zero-order chi connectivity index (χ0) is 28.5. The first kappa shape index (κ1) is 26.9. The van der Waals surface area contributed by atoms with Gasteiger partial charge >= 0.3 is 0 Å². The first-order valence-electron chi connectivity index (χ1n) is 14.2. The largest absolute Gasteiger partial charge is 0.422 e. The molecule has 12 heteroatoms. The van der Waals surface area contributed by atoms with Crippen LogP contribution < -0.4 is 5.32 Å². The van der Waals surface area contributed by atoms with Crippen molar-refractivity contribution in [2.75, 3.05) is 40.1 Å². The van der Waals surface area contributed by atoms with Crippen LogP contribution in [0.2, 0.25) is 0 Å². The van der Waals surface area contributed by atoms with Crippen LogP contribution in [0.3, 0.4) is 0 Å². The second-order valence-electron chi connectivity index (χ2n) is 10.8. The van der Waals surface area contributed by atoms with Gasteiger partial charge < -0.3 is 28.6 Å². The van der Waals surface area contributed by atoms with Crippen LogP contribution in [-0.2, 0) is 26.2 Å². The minimum Gasteiger partial charge on any atom is -0.422 e. The minimum absolute atomic E-state index is 0.142. The van der Waals surface area contributed by atoms with Gasteiger partial charge in [0.2, 0.25) is 11.8 Å². The molecule has 1 aromatic carbocycles. The average Bonchev–Trinajstić information content (AvgIpc) is 3.80. The molecule has 7 rings (SSSR count). The van der Waals surface area contributed by atoms with Crippen LogP contribution in [0, 0.1) is 5.82 Å². The van der Waals surface area contributed by atoms with Crippen LogP contribution in [-0.4, -0.2) is 70.3 Å². The van der Waals surface area contributed by atoms with E-state index in [9.17, 15) is 4.39 Å². The number of hydrogen-bond acceptors (Lipinski definition) is 9. The lowest BCUT2D eigenvalue weighted by Gasteiger charge is -2.39. The molecule has 218 valence electrons. The topological polar surface area (TPSA) is 136 Å². The van der Waals surface area contributed by atoms with Crippen molar-refractivity contribution in [3.63, 3.8) is 0 Å². The highest BCUT2D eigenvalue weighted by Crippen LogP contribution is 2.43. The number of halogens is 1. The van der Waals surface area contributed by atoms with E-state index in [2.05, 4.69) is 42.6 Å². The number of ether oxygens (including phenoxy) is 3. The second-order valence-corrected chi connectivity index (χ2v) is 10.8. The molecule has 1 unspecified atom stereocenters. The Balaban J connectivity index is 1.33. The number of pyridine rings is 1. The molecule has 1 fully saturated rings. The number of fused-ring (bicyclic) bond motifs is 3. The molecule has 0 aliphatic carbocycles. The van der Waals surface area contributed by atoms with Crippen molar-refractivity contribution in [1.29, 1.82) is 0 Å². The summed E-state index contributed by atoms with van der Waals surface area (Å²) >= 11 is 0. The van der Waals surface area contributed by atoms with E-state index in [1.165, 1.54) is 12.3 Å². The summed E-state index contributed by atoms with van der Waals surface area (Å²) in [5, 5.41) is 14.0. The summed E-state index contributed by atoms with van der Waals surface area (Å²) < 4.78 is 37.0. The summed E-state index contributed by atoms with van der Waals surface area (Å²) in [6, 6.07) is 11.0. The molecule has 0 bridgehead atoms. The summed E-state index contributed by atoms with van der Waals surface area (Å²) in [4.78, 5) is 16.0. The molecule has 3 N–H and O–H groups in total. The molecule has 2 aliphatic rings. The molecular weight excluding hydrogens is 541 g/mol. The first-order chi connectivity index (χ1) is 20.6. The molecule has 4 aromatic heterocycles. The number of imidazole rings is 1. The summed E-state index contributed by atoms with van der Waals surface area (Å²) in [6.07, 6.45) is 5.22. The van der Waals surface area contributed by atoms with Gasteiger partial charge in [-0.25, -0.2) is 9.37 Å². The molecule has 2 aliphatic heterocycles. The van der Waals surface area contributed by atoms with Gasteiger partial charge in [-0.3, -0.25) is 10.3 Å². The molecule has 0 saturated carbocycles. The standard InChI is InChI=1S/C30H32FN7O4/c1-39-12-13-41-17-30(29-38-37-28(42-29)18-8-10-40-11-9-18)26-21(20-4-2-3-5-22(20)34-26)14-24(36-30)27-33-16-25(35-27)23-7-6-19(31)15-32-23/h2-7,15-16,18,24,34,36H,8-14,17H2,1H3,(H,33,35)/t24-,30?/m1/s1. The van der Waals surface area contributed by atoms with E-state index in [1.807, 2.05) is 12.1 Å². The van der Waals surface area contributed by atoms with Crippen molar-refractivity contribution in [2.24, 2.45) is 0 Å². The number of aromatic nitrogens is 6. The molecule has 0 amide bonds. The highest BCUT2D eigenvalue weighted by Gasteiger charge is 2.49. The lowest BCUT2D eigenvalue weighted by atomic mass is 9.83. The Labute approximate surface area is 241 Å². The van der Waals surface area contributed by atoms with Gasteiger partial charge in [-0.05, 0) is 43.0 Å². The van der Waals surface area contributed by atoms with Gasteiger partial charge in [-0.15, -0.1) is 10.2 Å². The summed E-state index contributed by atoms with van der Waals surface area (Å²) in [7, 11) is 1.65. The van der Waals surface area contributed by atoms with Gasteiger partial charge in [0.1, 0.15) is 11.6 Å². The quantitative estimate of drug-likeness (QED) is 0.222. The number of rotatable bonds is 9. The fraction of sp³-hybridized carbons (Fsp3) is 0.400. The molecule has 6 heterocycles. The molecular formula is C30H32FN7O4. The number of nitrogens with zero attached hydrogens (tertiary/aromatic N) is 4. The van der Waals surface area contributed by atoms with E-state index in [1.54, 1.807) is 19.4 Å². The van der Waals surface area contributed by atoms with Crippen LogP contribution in [0.25, 0.3) is 22.3 Å². The van der Waals surface area contributed by atoms with Crippen molar-refractivity contribution >= 4 is 10.9 Å². The monoisotopic (exact) mass is 573 g/mol. The van der Waals surface area contributed by atoms with Crippen molar-refractivity contribution in [3.8, 4) is 11.4 Å². The SMILES string of the molecule is COCCOCC1(c2nnc(C3CCOCC3)o2)N[C@@H](c2ncc(-c3ccc(F)cn3)[nH]2)Cc2c1[nH]c1ccccc21. The molecule has 42 heavy (non-hydrogen) atoms.